The van der Waals surface area contributed by atoms with Crippen LogP contribution in [0, 0.1) is 17.8 Å². The molecule has 3 nitrogen and oxygen atoms in total. The maximum absolute atomic E-state index is 8.71. The molecule has 1 N–H and O–H groups in total. The Labute approximate surface area is 127 Å². The summed E-state index contributed by atoms with van der Waals surface area (Å²) in [5.74, 6) is 7.26. The summed E-state index contributed by atoms with van der Waals surface area (Å²) in [6.07, 6.45) is 5.57. The molecule has 1 aromatic carbocycles. The second-order valence-corrected chi connectivity index (χ2v) is 5.75. The minimum absolute atomic E-state index is 0.114. The zero-order valence-electron chi connectivity index (χ0n) is 12.8. The quantitative estimate of drug-likeness (QED) is 0.816. The number of benzene rings is 1. The van der Waals surface area contributed by atoms with E-state index in [4.69, 9.17) is 9.84 Å². The van der Waals surface area contributed by atoms with E-state index in [0.29, 0.717) is 6.61 Å². The van der Waals surface area contributed by atoms with Crippen molar-refractivity contribution >= 4 is 0 Å². The Morgan fingerprint density at radius 1 is 1.33 bits per heavy atom. The highest BCUT2D eigenvalue weighted by atomic mass is 16.5. The molecule has 1 aromatic rings. The topological polar surface area (TPSA) is 32.7 Å². The lowest BCUT2D eigenvalue weighted by atomic mass is 10.1. The molecular formula is C18H25NO2. The van der Waals surface area contributed by atoms with Crippen molar-refractivity contribution in [2.45, 2.75) is 25.7 Å². The number of rotatable bonds is 6. The minimum Gasteiger partial charge on any atom is -0.492 e. The van der Waals surface area contributed by atoms with Gasteiger partial charge in [0.2, 0.25) is 0 Å². The van der Waals surface area contributed by atoms with Gasteiger partial charge in [-0.15, -0.1) is 0 Å². The standard InChI is InChI=1S/C18H25NO2/c1-19(15-17-6-2-3-7-17)11-13-21-18-10-4-8-16(14-18)9-5-12-20/h4,8,10,14,17,20H,2-3,6-7,11-13,15H2,1H3. The Morgan fingerprint density at radius 2 is 2.14 bits per heavy atom. The number of aliphatic hydroxyl groups excluding tert-OH is 1. The van der Waals surface area contributed by atoms with E-state index < -0.39 is 0 Å². The predicted octanol–water partition coefficient (Wildman–Crippen LogP) is 2.53. The highest BCUT2D eigenvalue weighted by Gasteiger charge is 2.16. The third-order valence-electron chi connectivity index (χ3n) is 3.93. The van der Waals surface area contributed by atoms with Crippen LogP contribution in [0.25, 0.3) is 0 Å². The summed E-state index contributed by atoms with van der Waals surface area (Å²) in [6.45, 7) is 2.71. The van der Waals surface area contributed by atoms with Gasteiger partial charge in [0.05, 0.1) is 0 Å². The largest absolute Gasteiger partial charge is 0.492 e. The van der Waals surface area contributed by atoms with E-state index >= 15 is 0 Å². The first-order valence-electron chi connectivity index (χ1n) is 7.79. The van der Waals surface area contributed by atoms with Crippen LogP contribution in [0.4, 0.5) is 0 Å². The molecule has 114 valence electrons. The summed E-state index contributed by atoms with van der Waals surface area (Å²) >= 11 is 0. The number of nitrogens with zero attached hydrogens (tertiary/aromatic N) is 1. The van der Waals surface area contributed by atoms with Gasteiger partial charge in [-0.3, -0.25) is 0 Å². The first kappa shape index (κ1) is 15.9. The van der Waals surface area contributed by atoms with Gasteiger partial charge in [0, 0.05) is 18.7 Å². The Hall–Kier alpha value is -1.50. The van der Waals surface area contributed by atoms with E-state index in [9.17, 15) is 0 Å². The highest BCUT2D eigenvalue weighted by molar-refractivity contribution is 5.39. The van der Waals surface area contributed by atoms with Crippen molar-refractivity contribution in [1.82, 2.24) is 4.90 Å². The molecule has 2 rings (SSSR count). The van der Waals surface area contributed by atoms with Crippen molar-refractivity contribution in [1.29, 1.82) is 0 Å². The number of ether oxygens (including phenoxy) is 1. The van der Waals surface area contributed by atoms with E-state index in [0.717, 1.165) is 23.8 Å². The third-order valence-corrected chi connectivity index (χ3v) is 3.93. The van der Waals surface area contributed by atoms with Gasteiger partial charge in [0.1, 0.15) is 19.0 Å². The molecular weight excluding hydrogens is 262 g/mol. The highest BCUT2D eigenvalue weighted by Crippen LogP contribution is 2.25. The molecule has 3 heteroatoms. The van der Waals surface area contributed by atoms with Crippen molar-refractivity contribution in [3.05, 3.63) is 29.8 Å². The van der Waals surface area contributed by atoms with Crippen molar-refractivity contribution in [3.63, 3.8) is 0 Å². The van der Waals surface area contributed by atoms with Gasteiger partial charge in [-0.25, -0.2) is 0 Å². The second-order valence-electron chi connectivity index (χ2n) is 5.75. The Bertz CT molecular complexity index is 483. The normalized spacial score (nSPS) is 15.0. The first-order chi connectivity index (χ1) is 10.3. The zero-order valence-corrected chi connectivity index (χ0v) is 12.8. The van der Waals surface area contributed by atoms with Gasteiger partial charge in [0.25, 0.3) is 0 Å². The van der Waals surface area contributed by atoms with Crippen LogP contribution in [-0.4, -0.2) is 43.4 Å². The van der Waals surface area contributed by atoms with Crippen LogP contribution in [0.5, 0.6) is 5.75 Å². The molecule has 21 heavy (non-hydrogen) atoms. The van der Waals surface area contributed by atoms with Gasteiger partial charge in [-0.2, -0.15) is 0 Å². The number of likely N-dealkylation sites (N-methyl/N-ethyl adjacent to an activating group) is 1. The summed E-state index contributed by atoms with van der Waals surface area (Å²) in [5, 5.41) is 8.71. The average molecular weight is 287 g/mol. The van der Waals surface area contributed by atoms with Crippen molar-refractivity contribution in [2.75, 3.05) is 33.4 Å². The summed E-state index contributed by atoms with van der Waals surface area (Å²) < 4.78 is 5.79. The first-order valence-corrected chi connectivity index (χ1v) is 7.79. The number of hydrogen-bond donors (Lipinski definition) is 1. The summed E-state index contributed by atoms with van der Waals surface area (Å²) in [4.78, 5) is 2.37. The molecule has 0 aromatic heterocycles. The van der Waals surface area contributed by atoms with Gasteiger partial charge in [-0.1, -0.05) is 30.7 Å². The van der Waals surface area contributed by atoms with Crippen LogP contribution >= 0.6 is 0 Å². The molecule has 0 spiro atoms. The zero-order chi connectivity index (χ0) is 14.9. The number of hydrogen-bond acceptors (Lipinski definition) is 3. The van der Waals surface area contributed by atoms with Crippen LogP contribution in [0.1, 0.15) is 31.2 Å². The molecule has 0 amide bonds. The SMILES string of the molecule is CN(CCOc1cccc(C#CCO)c1)CC1CCCC1. The van der Waals surface area contributed by atoms with Crippen LogP contribution in [0.2, 0.25) is 0 Å². The lowest BCUT2D eigenvalue weighted by Crippen LogP contribution is -2.28. The Kier molecular flexibility index (Phi) is 6.59. The second kappa shape index (κ2) is 8.71. The lowest BCUT2D eigenvalue weighted by molar-refractivity contribution is 0.215. The van der Waals surface area contributed by atoms with Crippen molar-refractivity contribution in [3.8, 4) is 17.6 Å². The third kappa shape index (κ3) is 5.79. The minimum atomic E-state index is -0.114. The fourth-order valence-electron chi connectivity index (χ4n) is 2.85. The van der Waals surface area contributed by atoms with Gasteiger partial charge < -0.3 is 14.7 Å². The lowest BCUT2D eigenvalue weighted by Gasteiger charge is -2.20. The van der Waals surface area contributed by atoms with Crippen LogP contribution < -0.4 is 4.74 Å². The van der Waals surface area contributed by atoms with Gasteiger partial charge in [-0.05, 0) is 44.0 Å². The van der Waals surface area contributed by atoms with E-state index in [-0.39, 0.29) is 6.61 Å². The van der Waals surface area contributed by atoms with E-state index in [1.807, 2.05) is 24.3 Å². The maximum Gasteiger partial charge on any atom is 0.120 e. The molecule has 1 saturated carbocycles. The van der Waals surface area contributed by atoms with Crippen molar-refractivity contribution in [2.24, 2.45) is 5.92 Å². The molecule has 1 aliphatic carbocycles. The van der Waals surface area contributed by atoms with E-state index in [2.05, 4.69) is 23.8 Å². The fraction of sp³-hybridized carbons (Fsp3) is 0.556. The van der Waals surface area contributed by atoms with Crippen LogP contribution in [0.15, 0.2) is 24.3 Å². The molecule has 0 atom stereocenters. The summed E-state index contributed by atoms with van der Waals surface area (Å²) in [5.41, 5.74) is 0.876. The van der Waals surface area contributed by atoms with Crippen LogP contribution in [0.3, 0.4) is 0 Å². The molecule has 1 fully saturated rings. The maximum atomic E-state index is 8.71. The molecule has 0 saturated heterocycles. The predicted molar refractivity (Wildman–Crippen MR) is 85.4 cm³/mol. The molecule has 1 aliphatic rings. The Balaban J connectivity index is 1.72. The van der Waals surface area contributed by atoms with Crippen molar-refractivity contribution < 1.29 is 9.84 Å². The summed E-state index contributed by atoms with van der Waals surface area (Å²) in [7, 11) is 2.17. The molecule has 0 unspecified atom stereocenters. The fourth-order valence-corrected chi connectivity index (χ4v) is 2.85. The smallest absolute Gasteiger partial charge is 0.120 e. The average Bonchev–Trinajstić information content (AvgIpc) is 2.98. The summed E-state index contributed by atoms with van der Waals surface area (Å²) in [6, 6.07) is 7.71. The Morgan fingerprint density at radius 3 is 2.90 bits per heavy atom. The molecule has 0 aliphatic heterocycles. The molecule has 0 radical (unpaired) electrons. The van der Waals surface area contributed by atoms with E-state index in [1.54, 1.807) is 0 Å². The molecule has 0 heterocycles. The monoisotopic (exact) mass is 287 g/mol. The molecule has 0 bridgehead atoms. The van der Waals surface area contributed by atoms with Gasteiger partial charge in [0.15, 0.2) is 0 Å². The van der Waals surface area contributed by atoms with Crippen LogP contribution in [-0.2, 0) is 0 Å². The van der Waals surface area contributed by atoms with E-state index in [1.165, 1.54) is 32.2 Å². The number of aliphatic hydroxyl groups is 1. The van der Waals surface area contributed by atoms with Gasteiger partial charge >= 0.3 is 0 Å².